The lowest BCUT2D eigenvalue weighted by Crippen LogP contribution is -2.49. The normalized spacial score (nSPS) is 20.7. The van der Waals surface area contributed by atoms with Crippen LogP contribution in [0.3, 0.4) is 0 Å². The lowest BCUT2D eigenvalue weighted by atomic mass is 9.81. The van der Waals surface area contributed by atoms with E-state index in [1.54, 1.807) is 26.0 Å². The second kappa shape index (κ2) is 3.87. The summed E-state index contributed by atoms with van der Waals surface area (Å²) in [5.74, 6) is 0. The van der Waals surface area contributed by atoms with Gasteiger partial charge in [-0.1, -0.05) is 12.2 Å². The molecule has 2 atom stereocenters. The van der Waals surface area contributed by atoms with E-state index in [1.165, 1.54) is 0 Å². The van der Waals surface area contributed by atoms with Gasteiger partial charge in [0.1, 0.15) is 0 Å². The van der Waals surface area contributed by atoms with E-state index in [-0.39, 0.29) is 0 Å². The average molecular weight is 170 g/mol. The first-order chi connectivity index (χ1) is 5.37. The second-order valence-electron chi connectivity index (χ2n) is 3.53. The molecule has 0 spiro atoms. The van der Waals surface area contributed by atoms with Crippen molar-refractivity contribution in [2.75, 3.05) is 0 Å². The van der Waals surface area contributed by atoms with E-state index in [2.05, 4.69) is 13.2 Å². The van der Waals surface area contributed by atoms with Crippen LogP contribution >= 0.6 is 0 Å². The third-order valence-corrected chi connectivity index (χ3v) is 2.24. The molecule has 2 heteroatoms. The van der Waals surface area contributed by atoms with Gasteiger partial charge in [-0.15, -0.1) is 13.2 Å². The predicted octanol–water partition coefficient (Wildman–Crippen LogP) is 1.64. The summed E-state index contributed by atoms with van der Waals surface area (Å²) < 4.78 is 0. The zero-order valence-electron chi connectivity index (χ0n) is 7.88. The zero-order chi connectivity index (χ0) is 9.83. The van der Waals surface area contributed by atoms with Gasteiger partial charge in [-0.2, -0.15) is 0 Å². The summed E-state index contributed by atoms with van der Waals surface area (Å²) in [5.41, 5.74) is -2.27. The van der Waals surface area contributed by atoms with E-state index in [0.29, 0.717) is 12.8 Å². The molecule has 0 amide bonds. The van der Waals surface area contributed by atoms with Crippen molar-refractivity contribution in [3.63, 3.8) is 0 Å². The van der Waals surface area contributed by atoms with Crippen LogP contribution in [-0.4, -0.2) is 21.4 Å². The van der Waals surface area contributed by atoms with Gasteiger partial charge < -0.3 is 10.2 Å². The monoisotopic (exact) mass is 170 g/mol. The Bertz CT molecular complexity index is 149. The highest BCUT2D eigenvalue weighted by Crippen LogP contribution is 2.28. The van der Waals surface area contributed by atoms with Crippen LogP contribution in [0.25, 0.3) is 0 Å². The molecule has 2 N–H and O–H groups in total. The van der Waals surface area contributed by atoms with Gasteiger partial charge in [0.2, 0.25) is 0 Å². The van der Waals surface area contributed by atoms with E-state index < -0.39 is 11.2 Å². The van der Waals surface area contributed by atoms with Crippen molar-refractivity contribution in [1.82, 2.24) is 0 Å². The Morgan fingerprint density at radius 3 is 1.42 bits per heavy atom. The Morgan fingerprint density at radius 2 is 1.25 bits per heavy atom. The molecule has 12 heavy (non-hydrogen) atoms. The van der Waals surface area contributed by atoms with Crippen molar-refractivity contribution in [2.24, 2.45) is 0 Å². The summed E-state index contributed by atoms with van der Waals surface area (Å²) in [6, 6.07) is 0. The minimum absolute atomic E-state index is 0.369. The molecule has 0 bridgehead atoms. The van der Waals surface area contributed by atoms with Crippen LogP contribution in [0, 0.1) is 0 Å². The van der Waals surface area contributed by atoms with Crippen LogP contribution in [-0.2, 0) is 0 Å². The van der Waals surface area contributed by atoms with Gasteiger partial charge in [-0.3, -0.25) is 0 Å². The molecule has 0 unspecified atom stereocenters. The first kappa shape index (κ1) is 11.4. The molecule has 0 aliphatic heterocycles. The van der Waals surface area contributed by atoms with Crippen LogP contribution < -0.4 is 0 Å². The Balaban J connectivity index is 4.48. The fraction of sp³-hybridized carbons (Fsp3) is 0.600. The highest BCUT2D eigenvalue weighted by atomic mass is 16.4. The molecule has 0 fully saturated rings. The SMILES string of the molecule is C=CC[C@](C)(O)[C@](C)(O)CC=C. The van der Waals surface area contributed by atoms with E-state index in [0.717, 1.165) is 0 Å². The van der Waals surface area contributed by atoms with Crippen molar-refractivity contribution in [2.45, 2.75) is 37.9 Å². The van der Waals surface area contributed by atoms with Crippen LogP contribution in [0.4, 0.5) is 0 Å². The molecule has 0 radical (unpaired) electrons. The summed E-state index contributed by atoms with van der Waals surface area (Å²) in [6.07, 6.45) is 3.93. The van der Waals surface area contributed by atoms with Crippen molar-refractivity contribution in [3.8, 4) is 0 Å². The van der Waals surface area contributed by atoms with Crippen LogP contribution in [0.2, 0.25) is 0 Å². The molecule has 2 nitrogen and oxygen atoms in total. The number of hydrogen-bond acceptors (Lipinski definition) is 2. The van der Waals surface area contributed by atoms with Gasteiger partial charge in [0.15, 0.2) is 0 Å². The van der Waals surface area contributed by atoms with Gasteiger partial charge >= 0.3 is 0 Å². The Labute approximate surface area is 74.2 Å². The van der Waals surface area contributed by atoms with Gasteiger partial charge in [0.25, 0.3) is 0 Å². The third-order valence-electron chi connectivity index (χ3n) is 2.24. The highest BCUT2D eigenvalue weighted by Gasteiger charge is 2.39. The maximum atomic E-state index is 9.80. The number of rotatable bonds is 5. The molecule has 0 aliphatic carbocycles. The molecule has 0 rings (SSSR count). The van der Waals surface area contributed by atoms with Gasteiger partial charge in [0, 0.05) is 0 Å². The smallest absolute Gasteiger partial charge is 0.0939 e. The van der Waals surface area contributed by atoms with Gasteiger partial charge in [-0.05, 0) is 26.7 Å². The lowest BCUT2D eigenvalue weighted by molar-refractivity contribution is -0.126. The molecular weight excluding hydrogens is 152 g/mol. The largest absolute Gasteiger partial charge is 0.387 e. The minimum atomic E-state index is -1.14. The molecule has 0 aliphatic rings. The van der Waals surface area contributed by atoms with E-state index in [4.69, 9.17) is 0 Å². The first-order valence-electron chi connectivity index (χ1n) is 4.04. The third kappa shape index (κ3) is 2.47. The van der Waals surface area contributed by atoms with E-state index in [1.807, 2.05) is 0 Å². The quantitative estimate of drug-likeness (QED) is 0.616. The Morgan fingerprint density at radius 1 is 1.00 bits per heavy atom. The summed E-state index contributed by atoms with van der Waals surface area (Å²) in [6.45, 7) is 10.2. The van der Waals surface area contributed by atoms with Gasteiger partial charge in [0.05, 0.1) is 11.2 Å². The zero-order valence-corrected chi connectivity index (χ0v) is 7.88. The average Bonchev–Trinajstić information content (AvgIpc) is 1.86. The topological polar surface area (TPSA) is 40.5 Å². The summed E-state index contributed by atoms with van der Waals surface area (Å²) in [4.78, 5) is 0. The van der Waals surface area contributed by atoms with Crippen molar-refractivity contribution >= 4 is 0 Å². The number of aliphatic hydroxyl groups is 2. The maximum absolute atomic E-state index is 9.80. The fourth-order valence-corrected chi connectivity index (χ4v) is 1.00. The first-order valence-corrected chi connectivity index (χ1v) is 4.04. The van der Waals surface area contributed by atoms with E-state index >= 15 is 0 Å². The second-order valence-corrected chi connectivity index (χ2v) is 3.53. The van der Waals surface area contributed by atoms with Crippen molar-refractivity contribution in [1.29, 1.82) is 0 Å². The van der Waals surface area contributed by atoms with Gasteiger partial charge in [-0.25, -0.2) is 0 Å². The van der Waals surface area contributed by atoms with Crippen LogP contribution in [0.1, 0.15) is 26.7 Å². The standard InChI is InChI=1S/C10H18O2/c1-5-7-9(3,11)10(4,12)8-6-2/h5-6,11-12H,1-2,7-8H2,3-4H3/t9-,10+. The lowest BCUT2D eigenvalue weighted by Gasteiger charge is -2.37. The maximum Gasteiger partial charge on any atom is 0.0939 e. The molecule has 0 aromatic carbocycles. The summed E-state index contributed by atoms with van der Waals surface area (Å²) in [5, 5.41) is 19.6. The Hall–Kier alpha value is -0.600. The molecule has 0 saturated carbocycles. The molecular formula is C10H18O2. The van der Waals surface area contributed by atoms with Crippen LogP contribution in [0.5, 0.6) is 0 Å². The molecule has 0 heterocycles. The molecule has 70 valence electrons. The molecule has 0 saturated heterocycles. The van der Waals surface area contributed by atoms with Crippen LogP contribution in [0.15, 0.2) is 25.3 Å². The Kier molecular flexibility index (Phi) is 3.68. The van der Waals surface area contributed by atoms with Crippen molar-refractivity contribution in [3.05, 3.63) is 25.3 Å². The highest BCUT2D eigenvalue weighted by molar-refractivity contribution is 5.00. The van der Waals surface area contributed by atoms with Crippen molar-refractivity contribution < 1.29 is 10.2 Å². The van der Waals surface area contributed by atoms with E-state index in [9.17, 15) is 10.2 Å². The fourth-order valence-electron chi connectivity index (χ4n) is 1.00. The predicted molar refractivity (Wildman–Crippen MR) is 50.9 cm³/mol. The minimum Gasteiger partial charge on any atom is -0.387 e. The number of hydrogen-bond donors (Lipinski definition) is 2. The molecule has 0 aromatic rings. The summed E-state index contributed by atoms with van der Waals surface area (Å²) in [7, 11) is 0. The summed E-state index contributed by atoms with van der Waals surface area (Å²) >= 11 is 0. The molecule has 0 aromatic heterocycles.